The molecule has 0 radical (unpaired) electrons. The Morgan fingerprint density at radius 1 is 1.53 bits per heavy atom. The van der Waals surface area contributed by atoms with Gasteiger partial charge in [0.15, 0.2) is 10.6 Å². The first-order valence-electron chi connectivity index (χ1n) is 5.75. The summed E-state index contributed by atoms with van der Waals surface area (Å²) in [6.07, 6.45) is 4.03. The van der Waals surface area contributed by atoms with Gasteiger partial charge < -0.3 is 0 Å². The number of aromatic nitrogens is 4. The highest BCUT2D eigenvalue weighted by molar-refractivity contribution is 7.71. The molecule has 0 spiro atoms. The number of H-pyrrole nitrogens is 1. The summed E-state index contributed by atoms with van der Waals surface area (Å²) in [5, 5.41) is 8.31. The molecule has 0 aliphatic rings. The number of nitrogens with zero attached hydrogens (tertiary/aromatic N) is 3. The van der Waals surface area contributed by atoms with Gasteiger partial charge in [0.2, 0.25) is 0 Å². The lowest BCUT2D eigenvalue weighted by Gasteiger charge is -2.08. The number of nitrogens with one attached hydrogen (secondary N) is 1. The number of aryl methyl sites for hydroxylation is 1. The van der Waals surface area contributed by atoms with Gasteiger partial charge in [0.05, 0.1) is 9.88 Å². The third-order valence-corrected chi connectivity index (χ3v) is 3.80. The van der Waals surface area contributed by atoms with Crippen molar-refractivity contribution in [3.05, 3.63) is 16.0 Å². The largest absolute Gasteiger partial charge is 0.297 e. The molecule has 0 unspecified atom stereocenters. The van der Waals surface area contributed by atoms with Crippen molar-refractivity contribution in [1.82, 2.24) is 19.7 Å². The van der Waals surface area contributed by atoms with E-state index in [-0.39, 0.29) is 0 Å². The molecule has 0 aliphatic carbocycles. The normalized spacial score (nSPS) is 11.3. The fourth-order valence-corrected chi connectivity index (χ4v) is 3.05. The fraction of sp³-hybridized carbons (Fsp3) is 0.545. The van der Waals surface area contributed by atoms with E-state index in [1.165, 1.54) is 0 Å². The molecule has 92 valence electrons. The third-order valence-electron chi connectivity index (χ3n) is 2.46. The minimum absolute atomic E-state index is 0.299. The molecule has 2 heterocycles. The Balaban J connectivity index is 2.42. The molecule has 17 heavy (non-hydrogen) atoms. The van der Waals surface area contributed by atoms with Gasteiger partial charge in [-0.1, -0.05) is 6.92 Å². The Morgan fingerprint density at radius 3 is 2.94 bits per heavy atom. The topological polar surface area (TPSA) is 46.5 Å². The van der Waals surface area contributed by atoms with Gasteiger partial charge in [-0.3, -0.25) is 9.67 Å². The maximum atomic E-state index is 5.24. The second kappa shape index (κ2) is 5.10. The van der Waals surface area contributed by atoms with E-state index in [0.29, 0.717) is 10.8 Å². The van der Waals surface area contributed by atoms with Crippen molar-refractivity contribution in [3.8, 4) is 10.7 Å². The van der Waals surface area contributed by atoms with E-state index in [1.54, 1.807) is 11.3 Å². The molecule has 0 amide bonds. The van der Waals surface area contributed by atoms with Crippen LogP contribution in [0.2, 0.25) is 0 Å². The van der Waals surface area contributed by atoms with Crippen molar-refractivity contribution in [1.29, 1.82) is 0 Å². The van der Waals surface area contributed by atoms with Crippen molar-refractivity contribution in [2.75, 3.05) is 0 Å². The van der Waals surface area contributed by atoms with Crippen molar-refractivity contribution in [2.45, 2.75) is 39.7 Å². The fourth-order valence-electron chi connectivity index (χ4n) is 1.70. The predicted molar refractivity (Wildman–Crippen MR) is 72.9 cm³/mol. The van der Waals surface area contributed by atoms with E-state index in [1.807, 2.05) is 10.8 Å². The number of rotatable bonds is 4. The van der Waals surface area contributed by atoms with Crippen LogP contribution in [0.15, 0.2) is 6.20 Å². The van der Waals surface area contributed by atoms with Crippen molar-refractivity contribution < 1.29 is 0 Å². The van der Waals surface area contributed by atoms with Crippen LogP contribution < -0.4 is 0 Å². The van der Waals surface area contributed by atoms with Gasteiger partial charge in [0.25, 0.3) is 0 Å². The monoisotopic (exact) mass is 268 g/mol. The maximum absolute atomic E-state index is 5.24. The molecule has 0 saturated heterocycles. The molecule has 0 bridgehead atoms. The van der Waals surface area contributed by atoms with E-state index in [9.17, 15) is 0 Å². The first kappa shape index (κ1) is 12.4. The lowest BCUT2D eigenvalue weighted by molar-refractivity contribution is 0.597. The lowest BCUT2D eigenvalue weighted by atomic mass is 10.3. The molecule has 1 N–H and O–H groups in total. The quantitative estimate of drug-likeness (QED) is 0.862. The molecule has 4 nitrogen and oxygen atoms in total. The molecule has 0 aromatic carbocycles. The van der Waals surface area contributed by atoms with E-state index in [2.05, 4.69) is 36.0 Å². The summed E-state index contributed by atoms with van der Waals surface area (Å²) in [6, 6.07) is 0.299. The Bertz CT molecular complexity index is 550. The molecule has 2 aromatic rings. The van der Waals surface area contributed by atoms with Crippen molar-refractivity contribution in [2.24, 2.45) is 0 Å². The van der Waals surface area contributed by atoms with Crippen LogP contribution in [0.5, 0.6) is 0 Å². The van der Waals surface area contributed by atoms with Crippen LogP contribution in [-0.2, 0) is 6.42 Å². The van der Waals surface area contributed by atoms with Gasteiger partial charge in [-0.05, 0) is 38.9 Å². The maximum Gasteiger partial charge on any atom is 0.195 e. The zero-order valence-electron chi connectivity index (χ0n) is 10.2. The molecular weight excluding hydrogens is 252 g/mol. The van der Waals surface area contributed by atoms with Gasteiger partial charge in [-0.25, -0.2) is 4.98 Å². The second-order valence-corrected chi connectivity index (χ2v) is 5.69. The molecule has 0 saturated carbocycles. The molecular formula is C11H16N4S2. The highest BCUT2D eigenvalue weighted by Crippen LogP contribution is 2.27. The Hall–Kier alpha value is -1.01. The average Bonchev–Trinajstić information content (AvgIpc) is 2.84. The SMILES string of the molecule is CCCc1ncc(-c2n[nH]c(=S)n2C(C)C)s1. The summed E-state index contributed by atoms with van der Waals surface area (Å²) in [5.74, 6) is 0.893. The van der Waals surface area contributed by atoms with Crippen LogP contribution in [0.25, 0.3) is 10.7 Å². The summed E-state index contributed by atoms with van der Waals surface area (Å²) >= 11 is 6.93. The van der Waals surface area contributed by atoms with E-state index < -0.39 is 0 Å². The number of aromatic amines is 1. The van der Waals surface area contributed by atoms with Gasteiger partial charge in [-0.2, -0.15) is 5.10 Å². The smallest absolute Gasteiger partial charge is 0.195 e. The van der Waals surface area contributed by atoms with E-state index >= 15 is 0 Å². The second-order valence-electron chi connectivity index (χ2n) is 4.18. The van der Waals surface area contributed by atoms with Crippen LogP contribution in [0.4, 0.5) is 0 Å². The van der Waals surface area contributed by atoms with E-state index in [4.69, 9.17) is 12.2 Å². The first-order chi connectivity index (χ1) is 8.13. The summed E-state index contributed by atoms with van der Waals surface area (Å²) in [4.78, 5) is 5.49. The van der Waals surface area contributed by atoms with Gasteiger partial charge in [-0.15, -0.1) is 11.3 Å². The van der Waals surface area contributed by atoms with Crippen LogP contribution in [0.3, 0.4) is 0 Å². The Morgan fingerprint density at radius 2 is 2.29 bits per heavy atom. The molecule has 0 aliphatic heterocycles. The zero-order chi connectivity index (χ0) is 12.4. The minimum atomic E-state index is 0.299. The van der Waals surface area contributed by atoms with Crippen LogP contribution in [0, 0.1) is 4.77 Å². The number of thiazole rings is 1. The first-order valence-corrected chi connectivity index (χ1v) is 6.98. The van der Waals surface area contributed by atoms with Gasteiger partial charge in [0, 0.05) is 12.2 Å². The highest BCUT2D eigenvalue weighted by Gasteiger charge is 2.14. The number of hydrogen-bond acceptors (Lipinski definition) is 4. The zero-order valence-corrected chi connectivity index (χ0v) is 11.9. The molecule has 2 aromatic heterocycles. The summed E-state index contributed by atoms with van der Waals surface area (Å²) in [5.41, 5.74) is 0. The van der Waals surface area contributed by atoms with E-state index in [0.717, 1.165) is 28.6 Å². The van der Waals surface area contributed by atoms with Gasteiger partial charge in [0.1, 0.15) is 0 Å². The third kappa shape index (κ3) is 2.47. The number of hydrogen-bond donors (Lipinski definition) is 1. The molecule has 0 fully saturated rings. The van der Waals surface area contributed by atoms with Crippen molar-refractivity contribution in [3.63, 3.8) is 0 Å². The summed E-state index contributed by atoms with van der Waals surface area (Å²) < 4.78 is 2.69. The standard InChI is InChI=1S/C11H16N4S2/c1-4-5-9-12-6-8(17-9)10-13-14-11(16)15(10)7(2)3/h6-7H,4-5H2,1-3H3,(H,14,16). The van der Waals surface area contributed by atoms with Crippen molar-refractivity contribution >= 4 is 23.6 Å². The highest BCUT2D eigenvalue weighted by atomic mass is 32.1. The Kier molecular flexibility index (Phi) is 3.73. The van der Waals surface area contributed by atoms with Crippen LogP contribution in [0.1, 0.15) is 38.2 Å². The lowest BCUT2D eigenvalue weighted by Crippen LogP contribution is -2.02. The predicted octanol–water partition coefficient (Wildman–Crippen LogP) is 3.60. The molecule has 0 atom stereocenters. The minimum Gasteiger partial charge on any atom is -0.297 e. The van der Waals surface area contributed by atoms with Crippen LogP contribution >= 0.6 is 23.6 Å². The van der Waals surface area contributed by atoms with Crippen LogP contribution in [-0.4, -0.2) is 19.7 Å². The Labute approximate surface area is 110 Å². The van der Waals surface area contributed by atoms with Gasteiger partial charge >= 0.3 is 0 Å². The summed E-state index contributed by atoms with van der Waals surface area (Å²) in [6.45, 7) is 6.36. The average molecular weight is 268 g/mol. The molecule has 2 rings (SSSR count). The summed E-state index contributed by atoms with van der Waals surface area (Å²) in [7, 11) is 0. The molecule has 6 heteroatoms.